The molecule has 0 aliphatic heterocycles. The average molecular weight is 337 g/mol. The number of anilines is 1. The molecule has 1 aromatic carbocycles. The minimum Gasteiger partial charge on any atom is -0.309 e. The van der Waals surface area contributed by atoms with Crippen molar-refractivity contribution < 1.29 is 4.79 Å². The van der Waals surface area contributed by atoms with E-state index in [0.717, 1.165) is 17.8 Å². The van der Waals surface area contributed by atoms with Crippen LogP contribution < -0.4 is 5.32 Å². The van der Waals surface area contributed by atoms with Gasteiger partial charge < -0.3 is 5.32 Å². The largest absolute Gasteiger partial charge is 0.309 e. The van der Waals surface area contributed by atoms with Crippen LogP contribution in [0.5, 0.6) is 0 Å². The number of nitrogens with zero attached hydrogens (tertiary/aromatic N) is 4. The van der Waals surface area contributed by atoms with Gasteiger partial charge in [-0.25, -0.2) is 4.68 Å². The van der Waals surface area contributed by atoms with Crippen LogP contribution in [-0.4, -0.2) is 25.5 Å². The third kappa shape index (κ3) is 3.96. The van der Waals surface area contributed by atoms with Crippen molar-refractivity contribution in [3.8, 4) is 0 Å². The van der Waals surface area contributed by atoms with Crippen LogP contribution >= 0.6 is 0 Å². The van der Waals surface area contributed by atoms with Gasteiger partial charge in [-0.3, -0.25) is 9.48 Å². The highest BCUT2D eigenvalue weighted by Gasteiger charge is 2.19. The molecule has 3 aromatic rings. The van der Waals surface area contributed by atoms with Crippen molar-refractivity contribution >= 4 is 11.7 Å². The average Bonchev–Trinajstić information content (AvgIpc) is 3.18. The Morgan fingerprint density at radius 2 is 1.96 bits per heavy atom. The molecule has 0 fully saturated rings. The molecule has 0 radical (unpaired) electrons. The Kier molecular flexibility index (Phi) is 4.97. The molecule has 1 N–H and O–H groups in total. The second kappa shape index (κ2) is 7.34. The minimum absolute atomic E-state index is 0.104. The molecule has 25 heavy (non-hydrogen) atoms. The second-order valence-corrected chi connectivity index (χ2v) is 6.21. The van der Waals surface area contributed by atoms with Crippen LogP contribution in [0.4, 0.5) is 5.82 Å². The summed E-state index contributed by atoms with van der Waals surface area (Å²) < 4.78 is 3.56. The lowest BCUT2D eigenvalue weighted by Crippen LogP contribution is -2.26. The minimum atomic E-state index is -0.383. The van der Waals surface area contributed by atoms with E-state index in [0.29, 0.717) is 12.4 Å². The van der Waals surface area contributed by atoms with Gasteiger partial charge in [0.25, 0.3) is 0 Å². The van der Waals surface area contributed by atoms with Gasteiger partial charge in [-0.2, -0.15) is 10.2 Å². The Morgan fingerprint density at radius 3 is 2.64 bits per heavy atom. The first-order chi connectivity index (χ1) is 12.0. The lowest BCUT2D eigenvalue weighted by Gasteiger charge is -2.15. The predicted octanol–water partition coefficient (Wildman–Crippen LogP) is 3.14. The summed E-state index contributed by atoms with van der Waals surface area (Å²) in [4.78, 5) is 12.6. The normalized spacial score (nSPS) is 12.1. The van der Waals surface area contributed by atoms with E-state index in [1.165, 1.54) is 5.56 Å². The van der Waals surface area contributed by atoms with Gasteiger partial charge in [-0.05, 0) is 38.8 Å². The quantitative estimate of drug-likeness (QED) is 0.751. The highest BCUT2D eigenvalue weighted by molar-refractivity contribution is 5.92. The van der Waals surface area contributed by atoms with E-state index in [1.54, 1.807) is 10.9 Å². The zero-order valence-electron chi connectivity index (χ0n) is 14.8. The summed E-state index contributed by atoms with van der Waals surface area (Å²) in [6.45, 7) is 6.43. The second-order valence-electron chi connectivity index (χ2n) is 6.21. The van der Waals surface area contributed by atoms with Crippen molar-refractivity contribution in [1.29, 1.82) is 0 Å². The summed E-state index contributed by atoms with van der Waals surface area (Å²) >= 11 is 0. The number of amides is 1. The number of hydrogen-bond acceptors (Lipinski definition) is 3. The maximum Gasteiger partial charge on any atom is 0.250 e. The van der Waals surface area contributed by atoms with Gasteiger partial charge in [0.2, 0.25) is 5.91 Å². The smallest absolute Gasteiger partial charge is 0.250 e. The summed E-state index contributed by atoms with van der Waals surface area (Å²) in [5.74, 6) is 0.599. The molecule has 0 saturated heterocycles. The van der Waals surface area contributed by atoms with E-state index in [4.69, 9.17) is 0 Å². The fraction of sp³-hybridized carbons (Fsp3) is 0.316. The van der Waals surface area contributed by atoms with E-state index in [1.807, 2.05) is 55.8 Å². The van der Waals surface area contributed by atoms with Gasteiger partial charge in [0, 0.05) is 18.3 Å². The summed E-state index contributed by atoms with van der Waals surface area (Å²) in [7, 11) is 0. The summed E-state index contributed by atoms with van der Waals surface area (Å²) in [6, 6.07) is 13.6. The first-order valence-electron chi connectivity index (χ1n) is 8.44. The molecule has 6 heteroatoms. The topological polar surface area (TPSA) is 64.7 Å². The third-order valence-electron chi connectivity index (χ3n) is 4.21. The SMILES string of the molecule is Cc1cc(C)n([C@@H](C)C(=O)Nc2ccnn2CCc2ccccc2)n1. The van der Waals surface area contributed by atoms with Crippen molar-refractivity contribution in [3.05, 3.63) is 65.6 Å². The molecule has 2 heterocycles. The number of carbonyl (C=O) groups is 1. The molecule has 1 amide bonds. The van der Waals surface area contributed by atoms with E-state index in [9.17, 15) is 4.79 Å². The molecule has 0 bridgehead atoms. The Morgan fingerprint density at radius 1 is 1.20 bits per heavy atom. The van der Waals surface area contributed by atoms with E-state index < -0.39 is 0 Å². The highest BCUT2D eigenvalue weighted by Crippen LogP contribution is 2.15. The number of benzene rings is 1. The fourth-order valence-corrected chi connectivity index (χ4v) is 2.88. The first kappa shape index (κ1) is 17.0. The summed E-state index contributed by atoms with van der Waals surface area (Å²) in [6.07, 6.45) is 2.56. The van der Waals surface area contributed by atoms with Crippen LogP contribution in [0.2, 0.25) is 0 Å². The maximum atomic E-state index is 12.6. The summed E-state index contributed by atoms with van der Waals surface area (Å²) in [5, 5.41) is 11.7. The predicted molar refractivity (Wildman–Crippen MR) is 97.4 cm³/mol. The number of rotatable bonds is 6. The molecule has 6 nitrogen and oxygen atoms in total. The van der Waals surface area contributed by atoms with Crippen LogP contribution in [-0.2, 0) is 17.8 Å². The maximum absolute atomic E-state index is 12.6. The third-order valence-corrected chi connectivity index (χ3v) is 4.21. The number of hydrogen-bond donors (Lipinski definition) is 1. The Hall–Kier alpha value is -2.89. The van der Waals surface area contributed by atoms with Gasteiger partial charge in [-0.15, -0.1) is 0 Å². The van der Waals surface area contributed by atoms with Crippen molar-refractivity contribution in [2.24, 2.45) is 0 Å². The van der Waals surface area contributed by atoms with Gasteiger partial charge in [0.15, 0.2) is 0 Å². The van der Waals surface area contributed by atoms with Crippen LogP contribution in [0, 0.1) is 13.8 Å². The van der Waals surface area contributed by atoms with E-state index in [2.05, 4.69) is 27.6 Å². The zero-order chi connectivity index (χ0) is 17.8. The number of aromatic nitrogens is 4. The molecule has 0 spiro atoms. The van der Waals surface area contributed by atoms with Gasteiger partial charge in [-0.1, -0.05) is 30.3 Å². The highest BCUT2D eigenvalue weighted by atomic mass is 16.2. The number of carbonyl (C=O) groups excluding carboxylic acids is 1. The molecule has 0 aliphatic rings. The zero-order valence-corrected chi connectivity index (χ0v) is 14.8. The Labute approximate surface area is 147 Å². The number of nitrogens with one attached hydrogen (secondary N) is 1. The van der Waals surface area contributed by atoms with E-state index in [-0.39, 0.29) is 11.9 Å². The first-order valence-corrected chi connectivity index (χ1v) is 8.44. The van der Waals surface area contributed by atoms with Crippen molar-refractivity contribution in [1.82, 2.24) is 19.6 Å². The van der Waals surface area contributed by atoms with Crippen molar-refractivity contribution in [2.45, 2.75) is 39.8 Å². The Balaban J connectivity index is 1.66. The van der Waals surface area contributed by atoms with Crippen molar-refractivity contribution in [2.75, 3.05) is 5.32 Å². The molecule has 1 atom stereocenters. The number of aryl methyl sites for hydroxylation is 4. The molecule has 130 valence electrons. The van der Waals surface area contributed by atoms with Crippen LogP contribution in [0.3, 0.4) is 0 Å². The van der Waals surface area contributed by atoms with Gasteiger partial charge >= 0.3 is 0 Å². The standard InChI is InChI=1S/C19H23N5O/c1-14-13-15(2)24(22-14)16(3)19(25)21-18-9-11-20-23(18)12-10-17-7-5-4-6-8-17/h4-9,11,13,16H,10,12H2,1-3H3,(H,21,25)/t16-/m0/s1. The van der Waals surface area contributed by atoms with Crippen molar-refractivity contribution in [3.63, 3.8) is 0 Å². The van der Waals surface area contributed by atoms with Crippen LogP contribution in [0.25, 0.3) is 0 Å². The molecular weight excluding hydrogens is 314 g/mol. The lowest BCUT2D eigenvalue weighted by atomic mass is 10.1. The molecule has 0 aliphatic carbocycles. The molecule has 2 aromatic heterocycles. The monoisotopic (exact) mass is 337 g/mol. The fourth-order valence-electron chi connectivity index (χ4n) is 2.88. The Bertz CT molecular complexity index is 850. The van der Waals surface area contributed by atoms with Crippen LogP contribution in [0.15, 0.2) is 48.7 Å². The van der Waals surface area contributed by atoms with E-state index >= 15 is 0 Å². The molecule has 0 saturated carbocycles. The van der Waals surface area contributed by atoms with Gasteiger partial charge in [0.1, 0.15) is 11.9 Å². The van der Waals surface area contributed by atoms with Gasteiger partial charge in [0.05, 0.1) is 11.9 Å². The van der Waals surface area contributed by atoms with Crippen LogP contribution in [0.1, 0.15) is 29.9 Å². The molecular formula is C19H23N5O. The summed E-state index contributed by atoms with van der Waals surface area (Å²) in [5.41, 5.74) is 3.12. The molecule has 3 rings (SSSR count). The molecule has 0 unspecified atom stereocenters. The lowest BCUT2D eigenvalue weighted by molar-refractivity contribution is -0.119.